The molecule has 13 heteroatoms. The molecule has 0 aliphatic carbocycles. The highest BCUT2D eigenvalue weighted by Crippen LogP contribution is 2.38. The third-order valence-corrected chi connectivity index (χ3v) is 5.39. The summed E-state index contributed by atoms with van der Waals surface area (Å²) >= 11 is 0. The predicted molar refractivity (Wildman–Crippen MR) is 121 cm³/mol. The maximum atomic E-state index is 12.1. The highest BCUT2D eigenvalue weighted by Gasteiger charge is 2.30. The van der Waals surface area contributed by atoms with E-state index >= 15 is 0 Å². The molecule has 0 fully saturated rings. The van der Waals surface area contributed by atoms with Gasteiger partial charge in [-0.15, -0.1) is 0 Å². The Morgan fingerprint density at radius 1 is 0.788 bits per heavy atom. The van der Waals surface area contributed by atoms with Gasteiger partial charge in [0.05, 0.1) is 32.9 Å². The molecule has 0 spiro atoms. The van der Waals surface area contributed by atoms with E-state index in [4.69, 9.17) is 5.11 Å². The van der Waals surface area contributed by atoms with Crippen LogP contribution in [0.3, 0.4) is 0 Å². The Balaban J connectivity index is 0.000000331. The molecule has 1 heterocycles. The fraction of sp³-hybridized carbons (Fsp3) is 0.550. The minimum absolute atomic E-state index is 0.156. The summed E-state index contributed by atoms with van der Waals surface area (Å²) in [5, 5.41) is 40.2. The average Bonchev–Trinajstić information content (AvgIpc) is 3.04. The van der Waals surface area contributed by atoms with Gasteiger partial charge in [-0.2, -0.15) is 0 Å². The number of aromatic nitrogens is 2. The van der Waals surface area contributed by atoms with E-state index in [1.54, 1.807) is 6.07 Å². The highest BCUT2D eigenvalue weighted by atomic mass is 16.6. The molecule has 0 saturated carbocycles. The first-order valence-corrected chi connectivity index (χ1v) is 10.6. The molecule has 0 aliphatic rings. The van der Waals surface area contributed by atoms with E-state index in [2.05, 4.69) is 32.4 Å². The topological polar surface area (TPSA) is 177 Å². The van der Waals surface area contributed by atoms with E-state index in [1.807, 2.05) is 11.6 Å². The maximum absolute atomic E-state index is 12.1. The summed E-state index contributed by atoms with van der Waals surface area (Å²) in [6, 6.07) is 3.44. The van der Waals surface area contributed by atoms with E-state index in [-0.39, 0.29) is 5.56 Å². The highest BCUT2D eigenvalue weighted by molar-refractivity contribution is 5.64. The van der Waals surface area contributed by atoms with E-state index in [1.165, 1.54) is 0 Å². The fourth-order valence-electron chi connectivity index (χ4n) is 3.65. The molecule has 0 aliphatic heterocycles. The number of nitrogens with zero attached hydrogens (tertiary/aromatic N) is 5. The van der Waals surface area contributed by atoms with Crippen molar-refractivity contribution < 1.29 is 19.9 Å². The summed E-state index contributed by atoms with van der Waals surface area (Å²) < 4.78 is 4.20. The Morgan fingerprint density at radius 2 is 1.18 bits per heavy atom. The SMILES string of the molecule is CCC(CC)n1c(C)cc(=O)n1C(CC)CC.O=[N+]([O-])c1cc([N+](=O)[O-])c(O)c([N+](=O)[O-])c1. The third kappa shape index (κ3) is 6.14. The van der Waals surface area contributed by atoms with E-state index in [9.17, 15) is 35.1 Å². The molecule has 0 unspecified atom stereocenters. The van der Waals surface area contributed by atoms with Crippen molar-refractivity contribution in [1.29, 1.82) is 0 Å². The molecule has 0 atom stereocenters. The normalized spacial score (nSPS) is 10.8. The quantitative estimate of drug-likeness (QED) is 0.404. The number of benzene rings is 1. The molecule has 0 saturated heterocycles. The summed E-state index contributed by atoms with van der Waals surface area (Å²) in [7, 11) is 0. The van der Waals surface area contributed by atoms with Crippen LogP contribution in [-0.2, 0) is 0 Å². The molecule has 2 rings (SSSR count). The van der Waals surface area contributed by atoms with Crippen LogP contribution in [0, 0.1) is 37.3 Å². The molecule has 33 heavy (non-hydrogen) atoms. The Bertz CT molecular complexity index is 1030. The largest absolute Gasteiger partial charge is 0.497 e. The van der Waals surface area contributed by atoms with Crippen LogP contribution in [0.4, 0.5) is 17.1 Å². The number of aromatic hydroxyl groups is 1. The lowest BCUT2D eigenvalue weighted by atomic mass is 10.1. The second-order valence-electron chi connectivity index (χ2n) is 7.36. The molecule has 1 aromatic heterocycles. The first kappa shape index (κ1) is 27.3. The molecule has 13 nitrogen and oxygen atoms in total. The maximum Gasteiger partial charge on any atom is 0.324 e. The smallest absolute Gasteiger partial charge is 0.324 e. The van der Waals surface area contributed by atoms with E-state index < -0.39 is 37.6 Å². The van der Waals surface area contributed by atoms with Gasteiger partial charge in [0.1, 0.15) is 0 Å². The zero-order chi connectivity index (χ0) is 25.5. The van der Waals surface area contributed by atoms with Crippen molar-refractivity contribution in [3.63, 3.8) is 0 Å². The molecule has 1 aromatic carbocycles. The summed E-state index contributed by atoms with van der Waals surface area (Å²) in [5.41, 5.74) is -1.75. The van der Waals surface area contributed by atoms with Crippen LogP contribution in [0.15, 0.2) is 23.0 Å². The van der Waals surface area contributed by atoms with E-state index in [0.717, 1.165) is 31.4 Å². The number of hydrogen-bond acceptors (Lipinski definition) is 8. The van der Waals surface area contributed by atoms with Crippen LogP contribution in [0.2, 0.25) is 0 Å². The Hall–Kier alpha value is -3.77. The van der Waals surface area contributed by atoms with Gasteiger partial charge in [0.15, 0.2) is 0 Å². The minimum Gasteiger partial charge on any atom is -0.497 e. The van der Waals surface area contributed by atoms with Crippen molar-refractivity contribution in [3.05, 3.63) is 64.6 Å². The van der Waals surface area contributed by atoms with Crippen molar-refractivity contribution >= 4 is 17.1 Å². The Labute approximate surface area is 189 Å². The van der Waals surface area contributed by atoms with Crippen LogP contribution in [0.25, 0.3) is 0 Å². The standard InChI is InChI=1S/C14H26N2O.C6H3N3O7/c1-6-12(7-2)15-11(5)10-14(17)16(15)13(8-3)9-4;10-6-4(8(13)14)1-3(7(11)12)2-5(6)9(15)16/h10,12-13H,6-9H2,1-5H3;1-2,10H. The second kappa shape index (κ2) is 11.7. The van der Waals surface area contributed by atoms with Crippen LogP contribution in [0.5, 0.6) is 5.75 Å². The lowest BCUT2D eigenvalue weighted by Gasteiger charge is -2.26. The van der Waals surface area contributed by atoms with Gasteiger partial charge in [-0.05, 0) is 32.6 Å². The molecule has 2 aromatic rings. The summed E-state index contributed by atoms with van der Waals surface area (Å²) in [4.78, 5) is 39.9. The van der Waals surface area contributed by atoms with Gasteiger partial charge in [0, 0.05) is 17.8 Å². The van der Waals surface area contributed by atoms with Crippen LogP contribution >= 0.6 is 0 Å². The molecular weight excluding hydrogens is 438 g/mol. The van der Waals surface area contributed by atoms with Crippen molar-refractivity contribution in [2.45, 2.75) is 72.4 Å². The van der Waals surface area contributed by atoms with Gasteiger partial charge in [0.25, 0.3) is 17.0 Å². The number of hydrogen-bond donors (Lipinski definition) is 1. The van der Waals surface area contributed by atoms with Crippen LogP contribution < -0.4 is 5.56 Å². The zero-order valence-electron chi connectivity index (χ0n) is 19.3. The van der Waals surface area contributed by atoms with Crippen LogP contribution in [0.1, 0.15) is 71.2 Å². The van der Waals surface area contributed by atoms with Gasteiger partial charge in [0.2, 0.25) is 0 Å². The number of aryl methyl sites for hydroxylation is 1. The monoisotopic (exact) mass is 467 g/mol. The lowest BCUT2D eigenvalue weighted by molar-refractivity contribution is -0.404. The molecule has 0 bridgehead atoms. The first-order valence-electron chi connectivity index (χ1n) is 10.6. The van der Waals surface area contributed by atoms with Gasteiger partial charge < -0.3 is 5.11 Å². The molecule has 0 amide bonds. The van der Waals surface area contributed by atoms with Gasteiger partial charge in [-0.1, -0.05) is 27.7 Å². The van der Waals surface area contributed by atoms with Crippen molar-refractivity contribution in [2.24, 2.45) is 0 Å². The average molecular weight is 467 g/mol. The number of nitro benzene ring substituents is 3. The number of nitro groups is 3. The van der Waals surface area contributed by atoms with Gasteiger partial charge >= 0.3 is 11.4 Å². The summed E-state index contributed by atoms with van der Waals surface area (Å²) in [6.45, 7) is 10.7. The Kier molecular flexibility index (Phi) is 9.70. The number of phenolic OH excluding ortho intramolecular Hbond substituents is 1. The van der Waals surface area contributed by atoms with E-state index in [0.29, 0.717) is 24.2 Å². The predicted octanol–water partition coefficient (Wildman–Crippen LogP) is 4.80. The third-order valence-electron chi connectivity index (χ3n) is 5.39. The number of rotatable bonds is 9. The Morgan fingerprint density at radius 3 is 1.52 bits per heavy atom. The van der Waals surface area contributed by atoms with Crippen molar-refractivity contribution in [2.75, 3.05) is 0 Å². The summed E-state index contributed by atoms with van der Waals surface area (Å²) in [6.07, 6.45) is 4.18. The molecular formula is C20H29N5O8. The molecule has 182 valence electrons. The minimum atomic E-state index is -1.21. The van der Waals surface area contributed by atoms with Gasteiger partial charge in [-0.3, -0.25) is 39.8 Å². The molecule has 1 N–H and O–H groups in total. The van der Waals surface area contributed by atoms with Crippen LogP contribution in [-0.4, -0.2) is 29.2 Å². The molecule has 0 radical (unpaired) electrons. The fourth-order valence-corrected chi connectivity index (χ4v) is 3.65. The van der Waals surface area contributed by atoms with Crippen molar-refractivity contribution in [3.8, 4) is 5.75 Å². The van der Waals surface area contributed by atoms with Gasteiger partial charge in [-0.25, -0.2) is 4.68 Å². The van der Waals surface area contributed by atoms with Crippen molar-refractivity contribution in [1.82, 2.24) is 9.36 Å². The zero-order valence-corrected chi connectivity index (χ0v) is 19.3. The first-order chi connectivity index (χ1) is 15.4. The summed E-state index contributed by atoms with van der Waals surface area (Å²) in [5.74, 6) is -1.21. The second-order valence-corrected chi connectivity index (χ2v) is 7.36. The number of non-ortho nitro benzene ring substituents is 1. The number of phenols is 1. The lowest BCUT2D eigenvalue weighted by Crippen LogP contribution is -2.29.